The maximum absolute atomic E-state index is 14.6. The van der Waals surface area contributed by atoms with Crippen molar-refractivity contribution in [2.45, 2.75) is 45.8 Å². The first-order valence-electron chi connectivity index (χ1n) is 16.0. The molecule has 0 spiro atoms. The highest BCUT2D eigenvalue weighted by Gasteiger charge is 2.42. The van der Waals surface area contributed by atoms with E-state index >= 15 is 0 Å². The first kappa shape index (κ1) is 41.6. The van der Waals surface area contributed by atoms with E-state index in [4.69, 9.17) is 18.9 Å². The molecule has 294 valence electrons. The topological polar surface area (TPSA) is 55.4 Å². The zero-order chi connectivity index (χ0) is 40.0. The van der Waals surface area contributed by atoms with Crippen molar-refractivity contribution in [1.29, 1.82) is 0 Å². The van der Waals surface area contributed by atoms with Gasteiger partial charge in [-0.2, -0.15) is 43.9 Å². The summed E-state index contributed by atoms with van der Waals surface area (Å²) in [6.45, 7) is 3.84. The Hall–Kier alpha value is -5.16. The molecule has 0 radical (unpaired) electrons. The molecule has 6 nitrogen and oxygen atoms in total. The van der Waals surface area contributed by atoms with Gasteiger partial charge in [0, 0.05) is 0 Å². The molecule has 4 rings (SSSR count). The van der Waals surface area contributed by atoms with Crippen molar-refractivity contribution in [1.82, 2.24) is 0 Å². The van der Waals surface area contributed by atoms with Crippen LogP contribution in [0.25, 0.3) is 0 Å². The summed E-state index contributed by atoms with van der Waals surface area (Å²) in [6, 6.07) is 5.07. The van der Waals surface area contributed by atoms with Crippen LogP contribution in [0.1, 0.15) is 44.7 Å². The predicted molar refractivity (Wildman–Crippen MR) is 166 cm³/mol. The number of hydrogen-bond donors (Lipinski definition) is 0. The number of rotatable bonds is 18. The molecule has 0 aliphatic heterocycles. The standard InChI is InChI=1S/C36H30F12O6/c1-4-49-21-8-6-19(27(37)29(21)39)35(45,46)53-25-12-10-23(31(41)33(25)43)51-16-14-18(3)15-17-52-24-11-13-26(34(44)32(24)42)54-36(47,48)20-7-9-22(50-5-2)30(40)28(20)38/h6-13,18H,4-5,14-17H2,1-3H3. The average Bonchev–Trinajstić information content (AvgIpc) is 3.11. The molecule has 0 N–H and O–H groups in total. The lowest BCUT2D eigenvalue weighted by Gasteiger charge is -2.21. The molecule has 54 heavy (non-hydrogen) atoms. The van der Waals surface area contributed by atoms with Gasteiger partial charge in [-0.25, -0.2) is 8.78 Å². The van der Waals surface area contributed by atoms with Gasteiger partial charge in [0.2, 0.25) is 34.9 Å². The lowest BCUT2D eigenvalue weighted by Crippen LogP contribution is -2.25. The summed E-state index contributed by atoms with van der Waals surface area (Å²) in [4.78, 5) is 0. The molecule has 0 aliphatic rings. The first-order chi connectivity index (χ1) is 25.4. The molecule has 18 heteroatoms. The fourth-order valence-corrected chi connectivity index (χ4v) is 4.73. The molecule has 0 atom stereocenters. The minimum Gasteiger partial charge on any atom is -0.491 e. The van der Waals surface area contributed by atoms with Crippen LogP contribution in [0.5, 0.6) is 34.5 Å². The zero-order valence-electron chi connectivity index (χ0n) is 28.4. The van der Waals surface area contributed by atoms with E-state index in [1.807, 2.05) is 0 Å². The first-order valence-corrected chi connectivity index (χ1v) is 16.0. The third kappa shape index (κ3) is 9.31. The minimum absolute atomic E-state index is 0.0916. The zero-order valence-corrected chi connectivity index (χ0v) is 28.4. The second-order valence-corrected chi connectivity index (χ2v) is 11.3. The molecule has 0 saturated heterocycles. The molecule has 0 heterocycles. The number of halogens is 12. The number of alkyl halides is 4. The van der Waals surface area contributed by atoms with E-state index in [1.54, 1.807) is 6.92 Å². The van der Waals surface area contributed by atoms with Gasteiger partial charge in [-0.1, -0.05) is 6.92 Å². The number of benzene rings is 4. The van der Waals surface area contributed by atoms with Crippen molar-refractivity contribution in [3.8, 4) is 34.5 Å². The summed E-state index contributed by atoms with van der Waals surface area (Å²) < 4.78 is 202. The molecule has 0 unspecified atom stereocenters. The molecular formula is C36H30F12O6. The second-order valence-electron chi connectivity index (χ2n) is 11.3. The van der Waals surface area contributed by atoms with Crippen LogP contribution in [-0.2, 0) is 12.2 Å². The average molecular weight is 787 g/mol. The van der Waals surface area contributed by atoms with Gasteiger partial charge in [-0.3, -0.25) is 0 Å². The van der Waals surface area contributed by atoms with Gasteiger partial charge in [0.1, 0.15) is 11.1 Å². The Kier molecular flexibility index (Phi) is 13.3. The highest BCUT2D eigenvalue weighted by Crippen LogP contribution is 2.40. The van der Waals surface area contributed by atoms with Crippen molar-refractivity contribution >= 4 is 0 Å². The van der Waals surface area contributed by atoms with Crippen LogP contribution in [0.4, 0.5) is 52.7 Å². The third-order valence-corrected chi connectivity index (χ3v) is 7.56. The van der Waals surface area contributed by atoms with Gasteiger partial charge >= 0.3 is 12.2 Å². The monoisotopic (exact) mass is 786 g/mol. The Morgan fingerprint density at radius 3 is 1.06 bits per heavy atom. The largest absolute Gasteiger partial charge is 0.491 e. The van der Waals surface area contributed by atoms with Crippen molar-refractivity contribution in [3.63, 3.8) is 0 Å². The lowest BCUT2D eigenvalue weighted by atomic mass is 10.1. The van der Waals surface area contributed by atoms with Crippen LogP contribution >= 0.6 is 0 Å². The summed E-state index contributed by atoms with van der Waals surface area (Å²) in [5.74, 6) is -20.5. The number of hydrogen-bond acceptors (Lipinski definition) is 6. The van der Waals surface area contributed by atoms with Crippen LogP contribution in [0, 0.1) is 52.5 Å². The van der Waals surface area contributed by atoms with E-state index in [9.17, 15) is 52.7 Å². The SMILES string of the molecule is CCOc1ccc(C(F)(F)Oc2ccc(OCCC(C)CCOc3ccc(OC(F)(F)c4ccc(OCC)c(F)c4F)c(F)c3F)c(F)c2F)c(F)c1F. The second kappa shape index (κ2) is 17.3. The van der Waals surface area contributed by atoms with Crippen LogP contribution in [0.2, 0.25) is 0 Å². The molecular weight excluding hydrogens is 756 g/mol. The molecule has 0 aliphatic carbocycles. The van der Waals surface area contributed by atoms with E-state index in [0.29, 0.717) is 24.3 Å². The highest BCUT2D eigenvalue weighted by atomic mass is 19.3. The van der Waals surface area contributed by atoms with Gasteiger partial charge in [0.05, 0.1) is 26.4 Å². The van der Waals surface area contributed by atoms with Gasteiger partial charge < -0.3 is 28.4 Å². The molecule has 0 amide bonds. The van der Waals surface area contributed by atoms with Crippen molar-refractivity contribution in [3.05, 3.63) is 106 Å². The summed E-state index contributed by atoms with van der Waals surface area (Å²) in [7, 11) is 0. The smallest absolute Gasteiger partial charge is 0.429 e. The molecule has 0 fully saturated rings. The van der Waals surface area contributed by atoms with E-state index in [0.717, 1.165) is 24.3 Å². The van der Waals surface area contributed by atoms with Crippen LogP contribution in [0.3, 0.4) is 0 Å². The fourth-order valence-electron chi connectivity index (χ4n) is 4.73. The number of ether oxygens (including phenoxy) is 6. The van der Waals surface area contributed by atoms with Crippen LogP contribution < -0.4 is 28.4 Å². The van der Waals surface area contributed by atoms with Crippen molar-refractivity contribution in [2.75, 3.05) is 26.4 Å². The predicted octanol–water partition coefficient (Wildman–Crippen LogP) is 10.7. The molecule has 4 aromatic rings. The normalized spacial score (nSPS) is 11.9. The van der Waals surface area contributed by atoms with Crippen LogP contribution in [0.15, 0.2) is 48.5 Å². The molecule has 0 saturated carbocycles. The van der Waals surface area contributed by atoms with Crippen molar-refractivity contribution in [2.24, 2.45) is 5.92 Å². The Labute approximate surface area is 300 Å². The Morgan fingerprint density at radius 1 is 0.426 bits per heavy atom. The fraction of sp³-hybridized carbons (Fsp3) is 0.333. The van der Waals surface area contributed by atoms with E-state index in [1.165, 1.54) is 13.8 Å². The third-order valence-electron chi connectivity index (χ3n) is 7.56. The maximum atomic E-state index is 14.6. The van der Waals surface area contributed by atoms with Gasteiger partial charge in [0.15, 0.2) is 46.1 Å². The molecule has 0 aromatic heterocycles. The maximum Gasteiger partial charge on any atom is 0.429 e. The summed E-state index contributed by atoms with van der Waals surface area (Å²) in [5, 5.41) is 0. The Bertz CT molecular complexity index is 1800. The summed E-state index contributed by atoms with van der Waals surface area (Å²) in [5.41, 5.74) is -3.20. The van der Waals surface area contributed by atoms with Crippen LogP contribution in [-0.4, -0.2) is 26.4 Å². The summed E-state index contributed by atoms with van der Waals surface area (Å²) >= 11 is 0. The lowest BCUT2D eigenvalue weighted by molar-refractivity contribution is -0.190. The van der Waals surface area contributed by atoms with Gasteiger partial charge in [0.25, 0.3) is 0 Å². The highest BCUT2D eigenvalue weighted by molar-refractivity contribution is 5.39. The van der Waals surface area contributed by atoms with Gasteiger partial charge in [-0.05, 0) is 81.1 Å². The van der Waals surface area contributed by atoms with E-state index in [-0.39, 0.29) is 45.2 Å². The minimum atomic E-state index is -4.64. The molecule has 0 bridgehead atoms. The van der Waals surface area contributed by atoms with Gasteiger partial charge in [-0.15, -0.1) is 0 Å². The Balaban J connectivity index is 1.29. The Morgan fingerprint density at radius 2 is 0.704 bits per heavy atom. The van der Waals surface area contributed by atoms with Crippen molar-refractivity contribution < 1.29 is 81.1 Å². The summed E-state index contributed by atoms with van der Waals surface area (Å²) in [6.07, 6.45) is -8.99. The quantitative estimate of drug-likeness (QED) is 0.0937. The van der Waals surface area contributed by atoms with E-state index < -0.39 is 104 Å². The molecule has 4 aromatic carbocycles. The van der Waals surface area contributed by atoms with E-state index in [2.05, 4.69) is 9.47 Å².